The SMILES string of the molecule is Cc1cn2c(n1)CCC(NC(=O)c1ccc(-c3cccc(Br)c3)nc1C)C2. The molecule has 1 N–H and O–H groups in total. The highest BCUT2D eigenvalue weighted by atomic mass is 79.9. The Morgan fingerprint density at radius 3 is 2.85 bits per heavy atom. The number of benzene rings is 1. The highest BCUT2D eigenvalue weighted by Crippen LogP contribution is 2.23. The Labute approximate surface area is 167 Å². The molecule has 0 radical (unpaired) electrons. The van der Waals surface area contributed by atoms with Crippen molar-refractivity contribution < 1.29 is 4.79 Å². The molecule has 0 spiro atoms. The molecule has 1 amide bonds. The number of hydrogen-bond donors (Lipinski definition) is 1. The van der Waals surface area contributed by atoms with E-state index in [-0.39, 0.29) is 11.9 Å². The summed E-state index contributed by atoms with van der Waals surface area (Å²) in [6.07, 6.45) is 3.84. The van der Waals surface area contributed by atoms with E-state index in [4.69, 9.17) is 0 Å². The lowest BCUT2D eigenvalue weighted by molar-refractivity contribution is 0.0926. The summed E-state index contributed by atoms with van der Waals surface area (Å²) >= 11 is 3.49. The Kier molecular flexibility index (Phi) is 4.83. The molecule has 1 aliphatic rings. The van der Waals surface area contributed by atoms with Crippen LogP contribution in [-0.2, 0) is 13.0 Å². The number of aromatic nitrogens is 3. The van der Waals surface area contributed by atoms with Gasteiger partial charge in [0.2, 0.25) is 0 Å². The van der Waals surface area contributed by atoms with Gasteiger partial charge in [0.1, 0.15) is 5.82 Å². The molecule has 138 valence electrons. The molecule has 0 bridgehead atoms. The van der Waals surface area contributed by atoms with Gasteiger partial charge in [0.15, 0.2) is 0 Å². The molecule has 3 aromatic rings. The quantitative estimate of drug-likeness (QED) is 0.689. The van der Waals surface area contributed by atoms with Crippen molar-refractivity contribution in [2.45, 2.75) is 39.3 Å². The summed E-state index contributed by atoms with van der Waals surface area (Å²) in [5.74, 6) is 1.04. The average molecular weight is 425 g/mol. The summed E-state index contributed by atoms with van der Waals surface area (Å²) in [5, 5.41) is 3.16. The number of nitrogens with zero attached hydrogens (tertiary/aromatic N) is 3. The summed E-state index contributed by atoms with van der Waals surface area (Å²) < 4.78 is 3.15. The van der Waals surface area contributed by atoms with E-state index in [9.17, 15) is 4.79 Å². The predicted molar refractivity (Wildman–Crippen MR) is 109 cm³/mol. The van der Waals surface area contributed by atoms with Gasteiger partial charge < -0.3 is 9.88 Å². The first-order valence-electron chi connectivity index (χ1n) is 9.07. The molecule has 4 rings (SSSR count). The number of hydrogen-bond acceptors (Lipinski definition) is 3. The summed E-state index contributed by atoms with van der Waals surface area (Å²) in [5.41, 5.74) is 4.28. The van der Waals surface area contributed by atoms with E-state index in [0.717, 1.165) is 52.3 Å². The summed E-state index contributed by atoms with van der Waals surface area (Å²) in [6.45, 7) is 4.65. The molecule has 0 aliphatic carbocycles. The number of aryl methyl sites for hydroxylation is 3. The van der Waals surface area contributed by atoms with Crippen molar-refractivity contribution in [3.63, 3.8) is 0 Å². The van der Waals surface area contributed by atoms with Crippen LogP contribution >= 0.6 is 15.9 Å². The number of carbonyl (C=O) groups excluding carboxylic acids is 1. The van der Waals surface area contributed by atoms with Crippen LogP contribution in [0, 0.1) is 13.8 Å². The van der Waals surface area contributed by atoms with Gasteiger partial charge in [-0.25, -0.2) is 4.98 Å². The van der Waals surface area contributed by atoms with E-state index in [1.165, 1.54) is 0 Å². The van der Waals surface area contributed by atoms with E-state index in [2.05, 4.69) is 35.8 Å². The molecule has 1 unspecified atom stereocenters. The Hall–Kier alpha value is -2.47. The number of carbonyl (C=O) groups is 1. The van der Waals surface area contributed by atoms with Crippen LogP contribution in [0.25, 0.3) is 11.3 Å². The van der Waals surface area contributed by atoms with Crippen molar-refractivity contribution in [1.29, 1.82) is 0 Å². The van der Waals surface area contributed by atoms with Gasteiger partial charge in [0, 0.05) is 35.2 Å². The maximum atomic E-state index is 12.8. The number of rotatable bonds is 3. The molecule has 1 atom stereocenters. The Balaban J connectivity index is 1.49. The first kappa shape index (κ1) is 17.9. The minimum atomic E-state index is -0.0638. The average Bonchev–Trinajstić information content (AvgIpc) is 3.00. The molecular formula is C21H21BrN4O. The Bertz CT molecular complexity index is 1010. The maximum absolute atomic E-state index is 12.8. The zero-order valence-corrected chi connectivity index (χ0v) is 17.0. The van der Waals surface area contributed by atoms with E-state index >= 15 is 0 Å². The number of pyridine rings is 1. The second-order valence-electron chi connectivity index (χ2n) is 7.00. The molecule has 1 aromatic carbocycles. The molecule has 3 heterocycles. The molecule has 5 nitrogen and oxygen atoms in total. The van der Waals surface area contributed by atoms with Crippen LogP contribution in [0.15, 0.2) is 47.1 Å². The number of fused-ring (bicyclic) bond motifs is 1. The minimum Gasteiger partial charge on any atom is -0.347 e. The number of amides is 1. The minimum absolute atomic E-state index is 0.0638. The maximum Gasteiger partial charge on any atom is 0.253 e. The fraction of sp³-hybridized carbons (Fsp3) is 0.286. The largest absolute Gasteiger partial charge is 0.347 e. The Morgan fingerprint density at radius 2 is 2.07 bits per heavy atom. The zero-order chi connectivity index (χ0) is 19.0. The van der Waals surface area contributed by atoms with E-state index in [1.807, 2.05) is 56.4 Å². The van der Waals surface area contributed by atoms with Gasteiger partial charge in [-0.15, -0.1) is 0 Å². The van der Waals surface area contributed by atoms with E-state index in [1.54, 1.807) is 0 Å². The first-order valence-corrected chi connectivity index (χ1v) is 9.86. The van der Waals surface area contributed by atoms with Crippen molar-refractivity contribution >= 4 is 21.8 Å². The molecular weight excluding hydrogens is 404 g/mol. The zero-order valence-electron chi connectivity index (χ0n) is 15.4. The molecule has 27 heavy (non-hydrogen) atoms. The second-order valence-corrected chi connectivity index (χ2v) is 7.92. The van der Waals surface area contributed by atoms with Crippen LogP contribution in [0.5, 0.6) is 0 Å². The van der Waals surface area contributed by atoms with Crippen LogP contribution < -0.4 is 5.32 Å². The fourth-order valence-corrected chi connectivity index (χ4v) is 3.98. The number of nitrogens with one attached hydrogen (secondary N) is 1. The van der Waals surface area contributed by atoms with Gasteiger partial charge in [-0.1, -0.05) is 28.1 Å². The van der Waals surface area contributed by atoms with Crippen LogP contribution in [-0.4, -0.2) is 26.5 Å². The van der Waals surface area contributed by atoms with Gasteiger partial charge in [-0.05, 0) is 44.5 Å². The topological polar surface area (TPSA) is 59.8 Å². The molecule has 1 aliphatic heterocycles. The van der Waals surface area contributed by atoms with Crippen LogP contribution in [0.3, 0.4) is 0 Å². The summed E-state index contributed by atoms with van der Waals surface area (Å²) in [6, 6.07) is 11.9. The van der Waals surface area contributed by atoms with Crippen molar-refractivity contribution in [1.82, 2.24) is 19.9 Å². The standard InChI is InChI=1S/C21H21BrN4O/c1-13-11-26-12-17(6-9-20(26)23-13)25-21(27)18-7-8-19(24-14(18)2)15-4-3-5-16(22)10-15/h3-5,7-8,10-11,17H,6,9,12H2,1-2H3,(H,25,27). The lowest BCUT2D eigenvalue weighted by Crippen LogP contribution is -2.41. The third-order valence-corrected chi connectivity index (χ3v) is 5.39. The Morgan fingerprint density at radius 1 is 1.22 bits per heavy atom. The van der Waals surface area contributed by atoms with Crippen LogP contribution in [0.4, 0.5) is 0 Å². The van der Waals surface area contributed by atoms with Gasteiger partial charge in [-0.3, -0.25) is 9.78 Å². The normalized spacial score (nSPS) is 16.0. The van der Waals surface area contributed by atoms with Crippen molar-refractivity contribution in [2.24, 2.45) is 0 Å². The number of imidazole rings is 1. The molecule has 6 heteroatoms. The van der Waals surface area contributed by atoms with Gasteiger partial charge in [0.25, 0.3) is 5.91 Å². The highest BCUT2D eigenvalue weighted by Gasteiger charge is 2.22. The number of halogens is 1. The predicted octanol–water partition coefficient (Wildman–Crippen LogP) is 4.07. The third-order valence-electron chi connectivity index (χ3n) is 4.90. The van der Waals surface area contributed by atoms with Crippen molar-refractivity contribution in [2.75, 3.05) is 0 Å². The van der Waals surface area contributed by atoms with E-state index in [0.29, 0.717) is 5.56 Å². The van der Waals surface area contributed by atoms with Gasteiger partial charge >= 0.3 is 0 Å². The molecule has 2 aromatic heterocycles. The summed E-state index contributed by atoms with van der Waals surface area (Å²) in [4.78, 5) is 21.9. The van der Waals surface area contributed by atoms with Crippen molar-refractivity contribution in [3.8, 4) is 11.3 Å². The lowest BCUT2D eigenvalue weighted by Gasteiger charge is -2.25. The lowest BCUT2D eigenvalue weighted by atomic mass is 10.1. The molecule has 0 saturated heterocycles. The molecule has 0 fully saturated rings. The monoisotopic (exact) mass is 424 g/mol. The third kappa shape index (κ3) is 3.81. The highest BCUT2D eigenvalue weighted by molar-refractivity contribution is 9.10. The fourth-order valence-electron chi connectivity index (χ4n) is 3.58. The van der Waals surface area contributed by atoms with Gasteiger partial charge in [-0.2, -0.15) is 0 Å². The molecule has 0 saturated carbocycles. The van der Waals surface area contributed by atoms with Crippen molar-refractivity contribution in [3.05, 3.63) is 69.8 Å². The van der Waals surface area contributed by atoms with Crippen LogP contribution in [0.2, 0.25) is 0 Å². The van der Waals surface area contributed by atoms with Gasteiger partial charge in [0.05, 0.1) is 22.6 Å². The van der Waals surface area contributed by atoms with E-state index < -0.39 is 0 Å². The smallest absolute Gasteiger partial charge is 0.253 e. The second kappa shape index (κ2) is 7.27. The first-order chi connectivity index (χ1) is 13.0. The summed E-state index contributed by atoms with van der Waals surface area (Å²) in [7, 11) is 0. The van der Waals surface area contributed by atoms with Crippen LogP contribution in [0.1, 0.15) is 34.0 Å².